The number of hydrogen-bond donors (Lipinski definition) is 0. The Morgan fingerprint density at radius 2 is 1.94 bits per heavy atom. The summed E-state index contributed by atoms with van der Waals surface area (Å²) in [6.45, 7) is 10.4. The van der Waals surface area contributed by atoms with Crippen molar-refractivity contribution >= 4 is 22.8 Å². The van der Waals surface area contributed by atoms with Crippen LogP contribution in [-0.2, 0) is 6.54 Å². The van der Waals surface area contributed by atoms with Crippen molar-refractivity contribution in [3.8, 4) is 0 Å². The number of fused-ring (bicyclic) bond motifs is 1. The molecule has 0 radical (unpaired) electrons. The minimum Gasteiger partial charge on any atom is -0.312 e. The lowest BCUT2D eigenvalue weighted by Crippen LogP contribution is -2.27. The van der Waals surface area contributed by atoms with Crippen LogP contribution in [0.3, 0.4) is 0 Å². The van der Waals surface area contributed by atoms with Crippen LogP contribution < -0.4 is 0 Å². The van der Waals surface area contributed by atoms with Gasteiger partial charge in [-0.15, -0.1) is 0 Å². The van der Waals surface area contributed by atoms with Crippen LogP contribution in [-0.4, -0.2) is 39.1 Å². The van der Waals surface area contributed by atoms with E-state index in [4.69, 9.17) is 11.6 Å². The number of aromatic nitrogens is 3. The van der Waals surface area contributed by atoms with Crippen LogP contribution >= 0.6 is 11.6 Å². The summed E-state index contributed by atoms with van der Waals surface area (Å²) in [5, 5.41) is 0.520. The van der Waals surface area contributed by atoms with Crippen molar-refractivity contribution in [2.45, 2.75) is 27.3 Å². The summed E-state index contributed by atoms with van der Waals surface area (Å²) >= 11 is 5.95. The minimum atomic E-state index is 0.520. The standard InChI is InChI=1S/C13H19ClN4/c1-4-17(5-2)8-9-18-10(3)15-11-6-7-12(14)16-13(11)18/h6-7H,4-5,8-9H2,1-3H3. The Morgan fingerprint density at radius 1 is 1.22 bits per heavy atom. The third kappa shape index (κ3) is 2.65. The molecule has 0 saturated heterocycles. The number of halogens is 1. The van der Waals surface area contributed by atoms with Crippen molar-refractivity contribution in [3.05, 3.63) is 23.1 Å². The van der Waals surface area contributed by atoms with Gasteiger partial charge < -0.3 is 9.47 Å². The molecule has 0 aliphatic rings. The molecular weight excluding hydrogens is 248 g/mol. The zero-order valence-electron chi connectivity index (χ0n) is 11.1. The summed E-state index contributed by atoms with van der Waals surface area (Å²) in [4.78, 5) is 11.3. The summed E-state index contributed by atoms with van der Waals surface area (Å²) in [6.07, 6.45) is 0. The van der Waals surface area contributed by atoms with E-state index in [0.29, 0.717) is 5.15 Å². The molecule has 0 aliphatic heterocycles. The first-order valence-corrected chi connectivity index (χ1v) is 6.75. The van der Waals surface area contributed by atoms with E-state index in [-0.39, 0.29) is 0 Å². The number of likely N-dealkylation sites (N-methyl/N-ethyl adjacent to an activating group) is 1. The molecule has 5 heteroatoms. The quantitative estimate of drug-likeness (QED) is 0.781. The number of nitrogens with zero attached hydrogens (tertiary/aromatic N) is 4. The molecule has 2 aromatic rings. The first kappa shape index (κ1) is 13.3. The number of pyridine rings is 1. The van der Waals surface area contributed by atoms with Gasteiger partial charge in [-0.25, -0.2) is 9.97 Å². The van der Waals surface area contributed by atoms with Crippen LogP contribution in [0.25, 0.3) is 11.2 Å². The van der Waals surface area contributed by atoms with Crippen LogP contribution in [0.15, 0.2) is 12.1 Å². The van der Waals surface area contributed by atoms with E-state index in [9.17, 15) is 0 Å². The molecule has 2 heterocycles. The minimum absolute atomic E-state index is 0.520. The van der Waals surface area contributed by atoms with Gasteiger partial charge in [0.2, 0.25) is 0 Å². The largest absolute Gasteiger partial charge is 0.312 e. The van der Waals surface area contributed by atoms with Crippen molar-refractivity contribution in [1.82, 2.24) is 19.4 Å². The summed E-state index contributed by atoms with van der Waals surface area (Å²) in [5.41, 5.74) is 1.80. The molecule has 0 spiro atoms. The average Bonchev–Trinajstić information content (AvgIpc) is 2.66. The van der Waals surface area contributed by atoms with Crippen molar-refractivity contribution in [2.24, 2.45) is 0 Å². The van der Waals surface area contributed by atoms with Gasteiger partial charge in [0.25, 0.3) is 0 Å². The van der Waals surface area contributed by atoms with Gasteiger partial charge in [0, 0.05) is 13.1 Å². The fraction of sp³-hybridized carbons (Fsp3) is 0.538. The molecule has 98 valence electrons. The van der Waals surface area contributed by atoms with Crippen LogP contribution in [0.5, 0.6) is 0 Å². The molecule has 0 fully saturated rings. The highest BCUT2D eigenvalue weighted by atomic mass is 35.5. The van der Waals surface area contributed by atoms with E-state index in [1.54, 1.807) is 6.07 Å². The molecule has 0 bridgehead atoms. The number of imidazole rings is 1. The van der Waals surface area contributed by atoms with Crippen LogP contribution in [0, 0.1) is 6.92 Å². The van der Waals surface area contributed by atoms with Crippen molar-refractivity contribution in [2.75, 3.05) is 19.6 Å². The topological polar surface area (TPSA) is 34.0 Å². The Hall–Kier alpha value is -1.13. The van der Waals surface area contributed by atoms with Crippen LogP contribution in [0.2, 0.25) is 5.15 Å². The van der Waals surface area contributed by atoms with Crippen molar-refractivity contribution in [1.29, 1.82) is 0 Å². The predicted molar refractivity (Wildman–Crippen MR) is 75.1 cm³/mol. The Morgan fingerprint density at radius 3 is 2.61 bits per heavy atom. The molecule has 0 atom stereocenters. The second kappa shape index (κ2) is 5.67. The maximum absolute atomic E-state index is 5.95. The smallest absolute Gasteiger partial charge is 0.161 e. The van der Waals surface area contributed by atoms with Crippen LogP contribution in [0.1, 0.15) is 19.7 Å². The molecular formula is C13H19ClN4. The first-order chi connectivity index (χ1) is 8.65. The summed E-state index contributed by atoms with van der Waals surface area (Å²) in [7, 11) is 0. The van der Waals surface area contributed by atoms with Gasteiger partial charge in [0.1, 0.15) is 16.5 Å². The van der Waals surface area contributed by atoms with Gasteiger partial charge in [-0.1, -0.05) is 25.4 Å². The van der Waals surface area contributed by atoms with Gasteiger partial charge in [-0.05, 0) is 32.1 Å². The van der Waals surface area contributed by atoms with Crippen molar-refractivity contribution in [3.63, 3.8) is 0 Å². The average molecular weight is 267 g/mol. The molecule has 4 nitrogen and oxygen atoms in total. The van der Waals surface area contributed by atoms with Gasteiger partial charge in [0.15, 0.2) is 5.65 Å². The summed E-state index contributed by atoms with van der Waals surface area (Å²) in [5.74, 6) is 0.993. The highest BCUT2D eigenvalue weighted by molar-refractivity contribution is 6.29. The van der Waals surface area contributed by atoms with Gasteiger partial charge in [-0.2, -0.15) is 0 Å². The predicted octanol–water partition coefficient (Wildman–Crippen LogP) is 2.73. The molecule has 0 N–H and O–H groups in total. The molecule has 0 aromatic carbocycles. The highest BCUT2D eigenvalue weighted by Gasteiger charge is 2.10. The zero-order chi connectivity index (χ0) is 13.1. The maximum Gasteiger partial charge on any atom is 0.161 e. The Kier molecular flexibility index (Phi) is 4.19. The third-order valence-electron chi connectivity index (χ3n) is 3.28. The second-order valence-electron chi connectivity index (χ2n) is 4.31. The maximum atomic E-state index is 5.95. The Bertz CT molecular complexity index is 531. The molecule has 2 rings (SSSR count). The van der Waals surface area contributed by atoms with Crippen molar-refractivity contribution < 1.29 is 0 Å². The monoisotopic (exact) mass is 266 g/mol. The first-order valence-electron chi connectivity index (χ1n) is 6.37. The molecule has 0 unspecified atom stereocenters. The van der Waals surface area contributed by atoms with Gasteiger partial charge >= 0.3 is 0 Å². The number of rotatable bonds is 5. The van der Waals surface area contributed by atoms with E-state index >= 15 is 0 Å². The molecule has 0 aliphatic carbocycles. The number of hydrogen-bond acceptors (Lipinski definition) is 3. The third-order valence-corrected chi connectivity index (χ3v) is 3.49. The molecule has 0 amide bonds. The summed E-state index contributed by atoms with van der Waals surface area (Å²) < 4.78 is 2.14. The lowest BCUT2D eigenvalue weighted by molar-refractivity contribution is 0.291. The summed E-state index contributed by atoms with van der Waals surface area (Å²) in [6, 6.07) is 3.70. The van der Waals surface area contributed by atoms with Gasteiger partial charge in [0.05, 0.1) is 0 Å². The SMILES string of the molecule is CCN(CC)CCn1c(C)nc2ccc(Cl)nc21. The Labute approximate surface area is 113 Å². The van der Waals surface area contributed by atoms with Gasteiger partial charge in [-0.3, -0.25) is 0 Å². The van der Waals surface area contributed by atoms with E-state index in [2.05, 4.69) is 33.3 Å². The van der Waals surface area contributed by atoms with E-state index < -0.39 is 0 Å². The fourth-order valence-electron chi connectivity index (χ4n) is 2.14. The van der Waals surface area contributed by atoms with E-state index in [0.717, 1.165) is 43.2 Å². The number of aryl methyl sites for hydroxylation is 1. The van der Waals surface area contributed by atoms with E-state index in [1.807, 2.05) is 13.0 Å². The highest BCUT2D eigenvalue weighted by Crippen LogP contribution is 2.16. The normalized spacial score (nSPS) is 11.6. The molecule has 2 aromatic heterocycles. The lowest BCUT2D eigenvalue weighted by Gasteiger charge is -2.18. The molecule has 18 heavy (non-hydrogen) atoms. The van der Waals surface area contributed by atoms with E-state index in [1.165, 1.54) is 0 Å². The molecule has 0 saturated carbocycles. The second-order valence-corrected chi connectivity index (χ2v) is 4.70. The lowest BCUT2D eigenvalue weighted by atomic mass is 10.4. The zero-order valence-corrected chi connectivity index (χ0v) is 11.9. The van der Waals surface area contributed by atoms with Crippen LogP contribution in [0.4, 0.5) is 0 Å². The fourth-order valence-corrected chi connectivity index (χ4v) is 2.28. The Balaban J connectivity index is 2.26.